The molecule has 13 heteroatoms. The van der Waals surface area contributed by atoms with E-state index in [9.17, 15) is 13.2 Å². The van der Waals surface area contributed by atoms with Gasteiger partial charge >= 0.3 is 12.0 Å². The SMILES string of the molecule is COC(=O)c1cc(Nc2nc3cc(-c4cnc(OC)nc4OC)ccc3cc2S(=O)(=O)NC2CCCC2)cc(OC(C)C)c1. The zero-order valence-corrected chi connectivity index (χ0v) is 26.0. The predicted molar refractivity (Wildman–Crippen MR) is 165 cm³/mol. The third kappa shape index (κ3) is 6.84. The second kappa shape index (κ2) is 13.0. The predicted octanol–water partition coefficient (Wildman–Crippen LogP) is 5.25. The molecular formula is C31H35N5O7S. The Hall–Kier alpha value is -4.49. The Morgan fingerprint density at radius 2 is 1.75 bits per heavy atom. The van der Waals surface area contributed by atoms with Gasteiger partial charge in [-0.05, 0) is 56.5 Å². The number of esters is 1. The smallest absolute Gasteiger partial charge is 0.338 e. The number of benzene rings is 2. The van der Waals surface area contributed by atoms with E-state index >= 15 is 0 Å². The van der Waals surface area contributed by atoms with Crippen molar-refractivity contribution < 1.29 is 32.2 Å². The van der Waals surface area contributed by atoms with E-state index in [-0.39, 0.29) is 34.4 Å². The zero-order chi connectivity index (χ0) is 31.4. The molecule has 0 radical (unpaired) electrons. The second-order valence-electron chi connectivity index (χ2n) is 10.7. The number of nitrogens with zero attached hydrogens (tertiary/aromatic N) is 3. The summed E-state index contributed by atoms with van der Waals surface area (Å²) in [6.45, 7) is 3.73. The molecule has 1 aliphatic carbocycles. The minimum atomic E-state index is -3.98. The van der Waals surface area contributed by atoms with Crippen molar-refractivity contribution in [2.75, 3.05) is 26.6 Å². The molecule has 1 fully saturated rings. The lowest BCUT2D eigenvalue weighted by molar-refractivity contribution is 0.0600. The van der Waals surface area contributed by atoms with E-state index in [1.807, 2.05) is 19.9 Å². The Kier molecular flexibility index (Phi) is 9.16. The van der Waals surface area contributed by atoms with Crippen LogP contribution in [0.4, 0.5) is 11.5 Å². The van der Waals surface area contributed by atoms with Crippen molar-refractivity contribution >= 4 is 38.4 Å². The number of anilines is 2. The number of pyridine rings is 1. The third-order valence-corrected chi connectivity index (χ3v) is 8.66. The van der Waals surface area contributed by atoms with Crippen molar-refractivity contribution in [3.8, 4) is 28.8 Å². The largest absolute Gasteiger partial charge is 0.491 e. The summed E-state index contributed by atoms with van der Waals surface area (Å²) < 4.78 is 51.8. The summed E-state index contributed by atoms with van der Waals surface area (Å²) in [6, 6.07) is 11.8. The van der Waals surface area contributed by atoms with E-state index in [0.29, 0.717) is 39.3 Å². The van der Waals surface area contributed by atoms with Gasteiger partial charge in [0.2, 0.25) is 15.9 Å². The second-order valence-corrected chi connectivity index (χ2v) is 12.3. The van der Waals surface area contributed by atoms with Gasteiger partial charge in [0.15, 0.2) is 5.82 Å². The lowest BCUT2D eigenvalue weighted by Gasteiger charge is -2.18. The molecule has 232 valence electrons. The number of hydrogen-bond acceptors (Lipinski definition) is 11. The molecule has 0 saturated heterocycles. The minimum Gasteiger partial charge on any atom is -0.491 e. The number of ether oxygens (including phenoxy) is 4. The first-order valence-electron chi connectivity index (χ1n) is 14.2. The van der Waals surface area contributed by atoms with Crippen molar-refractivity contribution in [1.29, 1.82) is 0 Å². The van der Waals surface area contributed by atoms with E-state index in [2.05, 4.69) is 20.0 Å². The van der Waals surface area contributed by atoms with Gasteiger partial charge in [0, 0.05) is 29.4 Å². The molecule has 0 atom stereocenters. The number of carbonyl (C=O) groups is 1. The van der Waals surface area contributed by atoms with Crippen LogP contribution in [0.3, 0.4) is 0 Å². The molecule has 44 heavy (non-hydrogen) atoms. The average molecular weight is 622 g/mol. The Morgan fingerprint density at radius 1 is 0.977 bits per heavy atom. The number of fused-ring (bicyclic) bond motifs is 1. The highest BCUT2D eigenvalue weighted by Crippen LogP contribution is 2.35. The van der Waals surface area contributed by atoms with Crippen LogP contribution in [0.25, 0.3) is 22.0 Å². The van der Waals surface area contributed by atoms with Crippen LogP contribution in [0.5, 0.6) is 17.6 Å². The first kappa shape index (κ1) is 31.0. The lowest BCUT2D eigenvalue weighted by atomic mass is 10.1. The molecule has 1 saturated carbocycles. The molecule has 2 N–H and O–H groups in total. The van der Waals surface area contributed by atoms with Crippen LogP contribution in [0.1, 0.15) is 49.9 Å². The van der Waals surface area contributed by atoms with Gasteiger partial charge in [0.05, 0.1) is 44.1 Å². The summed E-state index contributed by atoms with van der Waals surface area (Å²) in [6.07, 6.45) is 4.90. The standard InChI is InChI=1S/C31H35N5O7S/c1-18(2)43-24-13-21(30(37)41-4)12-23(16-24)33-28-27(44(38,39)36-22-8-6-7-9-22)15-20-11-10-19(14-26(20)34-28)25-17-32-31(42-5)35-29(25)40-3/h10-18,22,36H,6-9H2,1-5H3,(H,33,34). The molecule has 0 bridgehead atoms. The fourth-order valence-corrected chi connectivity index (χ4v) is 6.56. The van der Waals surface area contributed by atoms with Crippen molar-refractivity contribution in [3.05, 3.63) is 54.2 Å². The van der Waals surface area contributed by atoms with Crippen LogP contribution < -0.4 is 24.2 Å². The number of aromatic nitrogens is 3. The number of methoxy groups -OCH3 is 3. The van der Waals surface area contributed by atoms with Gasteiger partial charge in [-0.25, -0.2) is 27.9 Å². The minimum absolute atomic E-state index is 0.0233. The highest BCUT2D eigenvalue weighted by atomic mass is 32.2. The van der Waals surface area contributed by atoms with Gasteiger partial charge in [0.25, 0.3) is 0 Å². The highest BCUT2D eigenvalue weighted by molar-refractivity contribution is 7.89. The summed E-state index contributed by atoms with van der Waals surface area (Å²) in [5.74, 6) is 0.237. The Balaban J connectivity index is 1.64. The van der Waals surface area contributed by atoms with Crippen LogP contribution in [-0.4, -0.2) is 62.8 Å². The Labute approximate surface area is 256 Å². The number of carbonyl (C=O) groups excluding carboxylic acids is 1. The van der Waals surface area contributed by atoms with Crippen molar-refractivity contribution in [3.63, 3.8) is 0 Å². The summed E-state index contributed by atoms with van der Waals surface area (Å²) in [7, 11) is 0.277. The number of hydrogen-bond donors (Lipinski definition) is 2. The maximum atomic E-state index is 13.8. The van der Waals surface area contributed by atoms with Gasteiger partial charge in [-0.1, -0.05) is 25.0 Å². The summed E-state index contributed by atoms with van der Waals surface area (Å²) in [5, 5.41) is 3.74. The summed E-state index contributed by atoms with van der Waals surface area (Å²) >= 11 is 0. The monoisotopic (exact) mass is 621 g/mol. The molecule has 5 rings (SSSR count). The summed E-state index contributed by atoms with van der Waals surface area (Å²) in [5.41, 5.74) is 2.44. The molecule has 1 aliphatic rings. The Morgan fingerprint density at radius 3 is 2.43 bits per heavy atom. The van der Waals surface area contributed by atoms with Crippen LogP contribution in [0, 0.1) is 0 Å². The molecule has 2 aromatic carbocycles. The topological polar surface area (TPSA) is 151 Å². The molecule has 0 aliphatic heterocycles. The number of rotatable bonds is 11. The van der Waals surface area contributed by atoms with Gasteiger partial charge in [-0.2, -0.15) is 4.98 Å². The Bertz CT molecular complexity index is 1790. The maximum Gasteiger partial charge on any atom is 0.338 e. The number of sulfonamides is 1. The van der Waals surface area contributed by atoms with Crippen molar-refractivity contribution in [2.45, 2.75) is 56.6 Å². The van der Waals surface area contributed by atoms with Crippen molar-refractivity contribution in [2.24, 2.45) is 0 Å². The van der Waals surface area contributed by atoms with Crippen LogP contribution in [0.15, 0.2) is 53.6 Å². The normalized spacial score (nSPS) is 13.7. The molecule has 4 aromatic rings. The molecule has 12 nitrogen and oxygen atoms in total. The molecule has 2 heterocycles. The van der Waals surface area contributed by atoms with E-state index in [0.717, 1.165) is 25.7 Å². The number of nitrogens with one attached hydrogen (secondary N) is 2. The van der Waals surface area contributed by atoms with Crippen LogP contribution in [-0.2, 0) is 14.8 Å². The van der Waals surface area contributed by atoms with E-state index in [1.54, 1.807) is 42.6 Å². The third-order valence-electron chi connectivity index (χ3n) is 7.13. The molecule has 0 spiro atoms. The molecule has 0 unspecified atom stereocenters. The average Bonchev–Trinajstić information content (AvgIpc) is 3.51. The van der Waals surface area contributed by atoms with Crippen molar-refractivity contribution in [1.82, 2.24) is 19.7 Å². The van der Waals surface area contributed by atoms with E-state index < -0.39 is 16.0 Å². The van der Waals surface area contributed by atoms with E-state index in [4.69, 9.17) is 23.9 Å². The summed E-state index contributed by atoms with van der Waals surface area (Å²) in [4.78, 5) is 25.7. The van der Waals surface area contributed by atoms with Gasteiger partial charge in [0.1, 0.15) is 10.6 Å². The van der Waals surface area contributed by atoms with Crippen LogP contribution in [0.2, 0.25) is 0 Å². The van der Waals surface area contributed by atoms with Gasteiger partial charge in [-0.3, -0.25) is 0 Å². The molecule has 0 amide bonds. The maximum absolute atomic E-state index is 13.8. The van der Waals surface area contributed by atoms with Gasteiger partial charge < -0.3 is 24.3 Å². The quantitative estimate of drug-likeness (QED) is 0.211. The zero-order valence-electron chi connectivity index (χ0n) is 25.2. The molecular weight excluding hydrogens is 586 g/mol. The van der Waals surface area contributed by atoms with Crippen LogP contribution >= 0.6 is 0 Å². The van der Waals surface area contributed by atoms with E-state index in [1.165, 1.54) is 21.3 Å². The fourth-order valence-electron chi connectivity index (χ4n) is 5.12. The first-order chi connectivity index (χ1) is 21.1. The highest BCUT2D eigenvalue weighted by Gasteiger charge is 2.27. The first-order valence-corrected chi connectivity index (χ1v) is 15.7. The lowest BCUT2D eigenvalue weighted by Crippen LogP contribution is -2.33. The fraction of sp³-hybridized carbons (Fsp3) is 0.355. The van der Waals surface area contributed by atoms with Gasteiger partial charge in [-0.15, -0.1) is 0 Å². The molecule has 2 aromatic heterocycles.